The molecule has 0 radical (unpaired) electrons. The summed E-state index contributed by atoms with van der Waals surface area (Å²) in [6, 6.07) is 4.37. The summed E-state index contributed by atoms with van der Waals surface area (Å²) in [6.45, 7) is 3.32. The van der Waals surface area contributed by atoms with Gasteiger partial charge in [0.05, 0.1) is 4.83 Å². The topological polar surface area (TPSA) is 17.1 Å². The Morgan fingerprint density at radius 2 is 2.00 bits per heavy atom. The molecular weight excluding hydrogens is 317 g/mol. The summed E-state index contributed by atoms with van der Waals surface area (Å²) in [5.74, 6) is -0.347. The molecule has 17 heavy (non-hydrogen) atoms. The van der Waals surface area contributed by atoms with Crippen molar-refractivity contribution in [2.75, 3.05) is 0 Å². The van der Waals surface area contributed by atoms with E-state index >= 15 is 0 Å². The molecule has 0 heterocycles. The maximum Gasteiger partial charge on any atom is 0.446 e. The molecular formula is C11H10BrF3OS. The van der Waals surface area contributed by atoms with Crippen LogP contribution in [0.3, 0.4) is 0 Å². The third-order valence-electron chi connectivity index (χ3n) is 1.99. The molecule has 1 aromatic carbocycles. The molecule has 1 unspecified atom stereocenters. The minimum Gasteiger partial charge on any atom is -0.293 e. The standard InChI is InChI=1S/C11H10BrF3OS/c1-6-3-4-9(17-11(13,14)15)8(5-6)10(16)7(2)12/h3-5,7H,1-2H3. The van der Waals surface area contributed by atoms with E-state index in [0.717, 1.165) is 5.56 Å². The first kappa shape index (κ1) is 14.6. The Morgan fingerprint density at radius 3 is 2.47 bits per heavy atom. The van der Waals surface area contributed by atoms with E-state index in [1.54, 1.807) is 19.9 Å². The molecule has 0 amide bonds. The maximum absolute atomic E-state index is 12.3. The van der Waals surface area contributed by atoms with Gasteiger partial charge in [0.1, 0.15) is 0 Å². The average Bonchev–Trinajstić information content (AvgIpc) is 2.17. The van der Waals surface area contributed by atoms with Gasteiger partial charge >= 0.3 is 5.51 Å². The van der Waals surface area contributed by atoms with Crippen molar-refractivity contribution in [1.82, 2.24) is 0 Å². The van der Waals surface area contributed by atoms with Crippen LogP contribution >= 0.6 is 27.7 Å². The number of rotatable bonds is 3. The molecule has 1 rings (SSSR count). The lowest BCUT2D eigenvalue weighted by molar-refractivity contribution is -0.0328. The van der Waals surface area contributed by atoms with Crippen molar-refractivity contribution >= 4 is 33.5 Å². The highest BCUT2D eigenvalue weighted by molar-refractivity contribution is 9.10. The van der Waals surface area contributed by atoms with Gasteiger partial charge in [0.15, 0.2) is 5.78 Å². The number of halogens is 4. The number of Topliss-reactive ketones (excluding diaryl/α,β-unsaturated/α-hetero) is 1. The van der Waals surface area contributed by atoms with Crippen LogP contribution in [-0.4, -0.2) is 16.1 Å². The SMILES string of the molecule is Cc1ccc(SC(F)(F)F)c(C(=O)C(C)Br)c1. The second-order valence-corrected chi connectivity index (χ2v) is 6.01. The smallest absolute Gasteiger partial charge is 0.293 e. The van der Waals surface area contributed by atoms with E-state index in [4.69, 9.17) is 0 Å². The van der Waals surface area contributed by atoms with E-state index in [1.807, 2.05) is 0 Å². The zero-order valence-electron chi connectivity index (χ0n) is 9.14. The van der Waals surface area contributed by atoms with Gasteiger partial charge in [0, 0.05) is 10.5 Å². The number of hydrogen-bond acceptors (Lipinski definition) is 2. The lowest BCUT2D eigenvalue weighted by Gasteiger charge is -2.12. The number of benzene rings is 1. The monoisotopic (exact) mass is 326 g/mol. The van der Waals surface area contributed by atoms with Gasteiger partial charge in [-0.05, 0) is 37.7 Å². The molecule has 0 aliphatic heterocycles. The first-order valence-electron chi connectivity index (χ1n) is 4.75. The van der Waals surface area contributed by atoms with Crippen LogP contribution in [0.4, 0.5) is 13.2 Å². The molecule has 1 aromatic rings. The van der Waals surface area contributed by atoms with Gasteiger partial charge in [-0.15, -0.1) is 0 Å². The van der Waals surface area contributed by atoms with Gasteiger partial charge in [-0.2, -0.15) is 13.2 Å². The molecule has 0 aliphatic rings. The van der Waals surface area contributed by atoms with Crippen LogP contribution < -0.4 is 0 Å². The molecule has 6 heteroatoms. The van der Waals surface area contributed by atoms with E-state index < -0.39 is 10.3 Å². The summed E-state index contributed by atoms with van der Waals surface area (Å²) < 4.78 is 37.0. The van der Waals surface area contributed by atoms with Crippen LogP contribution in [0, 0.1) is 6.92 Å². The lowest BCUT2D eigenvalue weighted by atomic mass is 10.1. The van der Waals surface area contributed by atoms with Crippen molar-refractivity contribution in [3.63, 3.8) is 0 Å². The minimum absolute atomic E-state index is 0.0561. The average molecular weight is 327 g/mol. The fraction of sp³-hybridized carbons (Fsp3) is 0.364. The van der Waals surface area contributed by atoms with Gasteiger partial charge in [-0.1, -0.05) is 27.6 Å². The van der Waals surface area contributed by atoms with Crippen LogP contribution in [-0.2, 0) is 0 Å². The van der Waals surface area contributed by atoms with E-state index in [9.17, 15) is 18.0 Å². The second kappa shape index (κ2) is 5.44. The Kier molecular flexibility index (Phi) is 4.66. The molecule has 0 saturated heterocycles. The summed E-state index contributed by atoms with van der Waals surface area (Å²) >= 11 is 2.81. The number of carbonyl (C=O) groups excluding carboxylic acids is 1. The van der Waals surface area contributed by atoms with E-state index in [1.165, 1.54) is 12.1 Å². The van der Waals surface area contributed by atoms with Gasteiger partial charge < -0.3 is 0 Å². The lowest BCUT2D eigenvalue weighted by Crippen LogP contribution is -2.12. The zero-order valence-corrected chi connectivity index (χ0v) is 11.5. The number of aryl methyl sites for hydroxylation is 1. The van der Waals surface area contributed by atoms with Crippen molar-refractivity contribution in [2.45, 2.75) is 29.1 Å². The van der Waals surface area contributed by atoms with E-state index in [2.05, 4.69) is 15.9 Å². The van der Waals surface area contributed by atoms with E-state index in [-0.39, 0.29) is 28.0 Å². The molecule has 0 fully saturated rings. The van der Waals surface area contributed by atoms with Crippen molar-refractivity contribution in [3.05, 3.63) is 29.3 Å². The molecule has 0 bridgehead atoms. The molecule has 1 atom stereocenters. The molecule has 0 aliphatic carbocycles. The number of carbonyl (C=O) groups is 1. The van der Waals surface area contributed by atoms with Crippen LogP contribution in [0.2, 0.25) is 0 Å². The highest BCUT2D eigenvalue weighted by atomic mass is 79.9. The summed E-state index contributed by atoms with van der Waals surface area (Å²) in [6.07, 6.45) is 0. The maximum atomic E-state index is 12.3. The molecule has 94 valence electrons. The fourth-order valence-electron chi connectivity index (χ4n) is 1.26. The Hall–Kier alpha value is -0.490. The Bertz CT molecular complexity index is 429. The van der Waals surface area contributed by atoms with Gasteiger partial charge in [0.25, 0.3) is 0 Å². The van der Waals surface area contributed by atoms with Crippen LogP contribution in [0.1, 0.15) is 22.8 Å². The summed E-state index contributed by atoms with van der Waals surface area (Å²) in [5.41, 5.74) is -3.52. The fourth-order valence-corrected chi connectivity index (χ4v) is 2.17. The van der Waals surface area contributed by atoms with Gasteiger partial charge in [-0.25, -0.2) is 0 Å². The summed E-state index contributed by atoms with van der Waals surface area (Å²) in [5, 5.41) is 0. The molecule has 0 saturated carbocycles. The largest absolute Gasteiger partial charge is 0.446 e. The van der Waals surface area contributed by atoms with Crippen LogP contribution in [0.15, 0.2) is 23.1 Å². The molecule has 1 nitrogen and oxygen atoms in total. The number of alkyl halides is 4. The Labute approximate surface area is 110 Å². The van der Waals surface area contributed by atoms with Crippen LogP contribution in [0.25, 0.3) is 0 Å². The number of thioether (sulfide) groups is 1. The Balaban J connectivity index is 3.17. The number of hydrogen-bond donors (Lipinski definition) is 0. The van der Waals surface area contributed by atoms with Crippen molar-refractivity contribution in [2.24, 2.45) is 0 Å². The van der Waals surface area contributed by atoms with Gasteiger partial charge in [-0.3, -0.25) is 4.79 Å². The first-order valence-corrected chi connectivity index (χ1v) is 6.48. The van der Waals surface area contributed by atoms with Crippen LogP contribution in [0.5, 0.6) is 0 Å². The van der Waals surface area contributed by atoms with Crippen molar-refractivity contribution < 1.29 is 18.0 Å². The quantitative estimate of drug-likeness (QED) is 0.459. The Morgan fingerprint density at radius 1 is 1.41 bits per heavy atom. The minimum atomic E-state index is -4.39. The predicted molar refractivity (Wildman–Crippen MR) is 65.8 cm³/mol. The molecule has 0 spiro atoms. The van der Waals surface area contributed by atoms with E-state index in [0.29, 0.717) is 0 Å². The summed E-state index contributed by atoms with van der Waals surface area (Å²) in [7, 11) is 0. The third kappa shape index (κ3) is 4.35. The molecule has 0 aromatic heterocycles. The zero-order chi connectivity index (χ0) is 13.2. The highest BCUT2D eigenvalue weighted by Gasteiger charge is 2.31. The predicted octanol–water partition coefficient (Wildman–Crippen LogP) is 4.57. The van der Waals surface area contributed by atoms with Crippen molar-refractivity contribution in [1.29, 1.82) is 0 Å². The highest BCUT2D eigenvalue weighted by Crippen LogP contribution is 2.39. The molecule has 0 N–H and O–H groups in total. The first-order chi connectivity index (χ1) is 7.70. The second-order valence-electron chi connectivity index (χ2n) is 3.53. The summed E-state index contributed by atoms with van der Waals surface area (Å²) in [4.78, 5) is 11.2. The van der Waals surface area contributed by atoms with Crippen molar-refractivity contribution in [3.8, 4) is 0 Å². The third-order valence-corrected chi connectivity index (χ3v) is 3.21. The number of ketones is 1. The normalized spacial score (nSPS) is 13.5. The van der Waals surface area contributed by atoms with Gasteiger partial charge in [0.2, 0.25) is 0 Å².